The number of nitriles is 1. The maximum Gasteiger partial charge on any atom is 0.410 e. The summed E-state index contributed by atoms with van der Waals surface area (Å²) in [5.74, 6) is 0.672. The second kappa shape index (κ2) is 8.71. The van der Waals surface area contributed by atoms with Gasteiger partial charge in [0.25, 0.3) is 5.91 Å². The van der Waals surface area contributed by atoms with Gasteiger partial charge >= 0.3 is 6.09 Å². The highest BCUT2D eigenvalue weighted by Gasteiger charge is 2.42. The van der Waals surface area contributed by atoms with Gasteiger partial charge in [-0.1, -0.05) is 0 Å². The number of pyridine rings is 1. The van der Waals surface area contributed by atoms with Crippen molar-refractivity contribution in [1.82, 2.24) is 14.8 Å². The molecule has 0 spiro atoms. The normalized spacial score (nSPS) is 21.4. The molecule has 2 saturated heterocycles. The number of morpholine rings is 1. The fraction of sp³-hybridized carbons (Fsp3) is 0.636. The fourth-order valence-corrected chi connectivity index (χ4v) is 3.78. The molecule has 0 saturated carbocycles. The molecular formula is C22H31N5O4. The molecule has 0 unspecified atom stereocenters. The van der Waals surface area contributed by atoms with Crippen LogP contribution in [0.3, 0.4) is 0 Å². The van der Waals surface area contributed by atoms with Crippen LogP contribution in [-0.4, -0.2) is 83.4 Å². The van der Waals surface area contributed by atoms with Crippen molar-refractivity contribution in [2.75, 3.05) is 44.2 Å². The predicted molar refractivity (Wildman–Crippen MR) is 115 cm³/mol. The molecule has 31 heavy (non-hydrogen) atoms. The van der Waals surface area contributed by atoms with Crippen LogP contribution in [0.5, 0.6) is 0 Å². The summed E-state index contributed by atoms with van der Waals surface area (Å²) in [6, 6.07) is 5.62. The van der Waals surface area contributed by atoms with Crippen LogP contribution in [0.15, 0.2) is 18.3 Å². The standard InChI is InChI=1S/C22H31N5O4/c1-21(2,3)31-20(29)27-14-17(30-22(4,5)15-27)19(28)26-10-8-25(9-11-26)18-7-6-16(12-23)13-24-18/h6-7,13,17H,8-11,14-15H2,1-5H3/t17-/m1/s1. The molecule has 3 rings (SSSR count). The smallest absolute Gasteiger partial charge is 0.410 e. The van der Waals surface area contributed by atoms with E-state index in [1.165, 1.54) is 0 Å². The first-order valence-corrected chi connectivity index (χ1v) is 10.5. The molecular weight excluding hydrogens is 398 g/mol. The summed E-state index contributed by atoms with van der Waals surface area (Å²) in [5, 5.41) is 8.91. The van der Waals surface area contributed by atoms with Crippen molar-refractivity contribution in [2.24, 2.45) is 0 Å². The molecule has 0 aromatic carbocycles. The van der Waals surface area contributed by atoms with E-state index in [1.807, 2.05) is 40.7 Å². The summed E-state index contributed by atoms with van der Waals surface area (Å²) < 4.78 is 11.5. The van der Waals surface area contributed by atoms with Crippen molar-refractivity contribution in [3.8, 4) is 6.07 Å². The van der Waals surface area contributed by atoms with E-state index in [2.05, 4.69) is 16.0 Å². The first-order chi connectivity index (χ1) is 14.5. The van der Waals surface area contributed by atoms with E-state index in [0.717, 1.165) is 5.82 Å². The van der Waals surface area contributed by atoms with E-state index < -0.39 is 23.4 Å². The van der Waals surface area contributed by atoms with Crippen molar-refractivity contribution in [3.05, 3.63) is 23.9 Å². The molecule has 9 heteroatoms. The van der Waals surface area contributed by atoms with Gasteiger partial charge in [-0.15, -0.1) is 0 Å². The van der Waals surface area contributed by atoms with Gasteiger partial charge in [0.15, 0.2) is 6.10 Å². The lowest BCUT2D eigenvalue weighted by Crippen LogP contribution is -2.61. The number of piperazine rings is 1. The van der Waals surface area contributed by atoms with E-state index in [-0.39, 0.29) is 12.5 Å². The highest BCUT2D eigenvalue weighted by Crippen LogP contribution is 2.25. The maximum absolute atomic E-state index is 13.2. The Hall–Kier alpha value is -2.86. The molecule has 3 heterocycles. The third kappa shape index (κ3) is 5.85. The van der Waals surface area contributed by atoms with E-state index in [1.54, 1.807) is 22.1 Å². The largest absolute Gasteiger partial charge is 0.444 e. The third-order valence-electron chi connectivity index (χ3n) is 5.14. The molecule has 2 amide bonds. The van der Waals surface area contributed by atoms with Crippen LogP contribution >= 0.6 is 0 Å². The molecule has 1 aromatic heterocycles. The number of amides is 2. The van der Waals surface area contributed by atoms with Crippen molar-refractivity contribution >= 4 is 17.8 Å². The topological polar surface area (TPSA) is 99.0 Å². The molecule has 2 aliphatic rings. The molecule has 0 aliphatic carbocycles. The van der Waals surface area contributed by atoms with Crippen LogP contribution in [0.2, 0.25) is 0 Å². The number of rotatable bonds is 2. The number of carbonyl (C=O) groups excluding carboxylic acids is 2. The Morgan fingerprint density at radius 2 is 1.87 bits per heavy atom. The zero-order valence-electron chi connectivity index (χ0n) is 18.9. The minimum atomic E-state index is -0.726. The number of hydrogen-bond acceptors (Lipinski definition) is 7. The van der Waals surface area contributed by atoms with Crippen molar-refractivity contribution in [3.63, 3.8) is 0 Å². The maximum atomic E-state index is 13.2. The highest BCUT2D eigenvalue weighted by molar-refractivity contribution is 5.82. The lowest BCUT2D eigenvalue weighted by molar-refractivity contribution is -0.170. The molecule has 0 radical (unpaired) electrons. The van der Waals surface area contributed by atoms with E-state index >= 15 is 0 Å². The predicted octanol–water partition coefficient (Wildman–Crippen LogP) is 2.02. The molecule has 2 fully saturated rings. The Bertz CT molecular complexity index is 848. The van der Waals surface area contributed by atoms with Gasteiger partial charge in [-0.2, -0.15) is 5.26 Å². The van der Waals surface area contributed by atoms with Gasteiger partial charge in [-0.3, -0.25) is 4.79 Å². The van der Waals surface area contributed by atoms with Crippen LogP contribution in [0.25, 0.3) is 0 Å². The summed E-state index contributed by atoms with van der Waals surface area (Å²) in [6.45, 7) is 12.1. The quantitative estimate of drug-likeness (QED) is 0.709. The first kappa shape index (κ1) is 22.8. The monoisotopic (exact) mass is 429 g/mol. The number of aromatic nitrogens is 1. The van der Waals surface area contributed by atoms with Gasteiger partial charge in [0.2, 0.25) is 0 Å². The van der Waals surface area contributed by atoms with Gasteiger partial charge in [-0.05, 0) is 46.8 Å². The van der Waals surface area contributed by atoms with Crippen LogP contribution in [0, 0.1) is 11.3 Å². The minimum absolute atomic E-state index is 0.117. The lowest BCUT2D eigenvalue weighted by atomic mass is 10.0. The summed E-state index contributed by atoms with van der Waals surface area (Å²) in [5.41, 5.74) is -0.734. The Morgan fingerprint density at radius 1 is 1.19 bits per heavy atom. The summed E-state index contributed by atoms with van der Waals surface area (Å²) >= 11 is 0. The molecule has 168 valence electrons. The highest BCUT2D eigenvalue weighted by atomic mass is 16.6. The number of carbonyl (C=O) groups is 2. The van der Waals surface area contributed by atoms with Crippen LogP contribution in [0.4, 0.5) is 10.6 Å². The Balaban J connectivity index is 1.61. The first-order valence-electron chi connectivity index (χ1n) is 10.5. The molecule has 2 aliphatic heterocycles. The lowest BCUT2D eigenvalue weighted by Gasteiger charge is -2.44. The molecule has 1 atom stereocenters. The zero-order valence-corrected chi connectivity index (χ0v) is 18.9. The van der Waals surface area contributed by atoms with Crippen molar-refractivity contribution in [2.45, 2.75) is 51.9 Å². The number of nitrogens with zero attached hydrogens (tertiary/aromatic N) is 5. The van der Waals surface area contributed by atoms with Gasteiger partial charge in [-0.25, -0.2) is 9.78 Å². The Labute approximate surface area is 183 Å². The van der Waals surface area contributed by atoms with Crippen LogP contribution < -0.4 is 4.90 Å². The Morgan fingerprint density at radius 3 is 2.42 bits per heavy atom. The average molecular weight is 430 g/mol. The fourth-order valence-electron chi connectivity index (χ4n) is 3.78. The van der Waals surface area contributed by atoms with E-state index in [4.69, 9.17) is 14.7 Å². The second-order valence-electron chi connectivity index (χ2n) is 9.56. The molecule has 1 aromatic rings. The van der Waals surface area contributed by atoms with Crippen molar-refractivity contribution in [1.29, 1.82) is 5.26 Å². The summed E-state index contributed by atoms with van der Waals surface area (Å²) in [6.07, 6.45) is 0.394. The van der Waals surface area contributed by atoms with Gasteiger partial charge in [0.05, 0.1) is 24.3 Å². The molecule has 0 N–H and O–H groups in total. The molecule has 0 bridgehead atoms. The van der Waals surface area contributed by atoms with Gasteiger partial charge in [0, 0.05) is 32.4 Å². The van der Waals surface area contributed by atoms with Gasteiger partial charge in [0.1, 0.15) is 17.5 Å². The number of hydrogen-bond donors (Lipinski definition) is 0. The molecule has 9 nitrogen and oxygen atoms in total. The summed E-state index contributed by atoms with van der Waals surface area (Å²) in [7, 11) is 0. The number of anilines is 1. The Kier molecular flexibility index (Phi) is 6.41. The van der Waals surface area contributed by atoms with Crippen molar-refractivity contribution < 1.29 is 19.1 Å². The van der Waals surface area contributed by atoms with E-state index in [0.29, 0.717) is 38.3 Å². The van der Waals surface area contributed by atoms with Crippen LogP contribution in [-0.2, 0) is 14.3 Å². The number of ether oxygens (including phenoxy) is 2. The second-order valence-corrected chi connectivity index (χ2v) is 9.56. The third-order valence-corrected chi connectivity index (χ3v) is 5.14. The average Bonchev–Trinajstić information content (AvgIpc) is 2.71. The van der Waals surface area contributed by atoms with Crippen LogP contribution in [0.1, 0.15) is 40.2 Å². The van der Waals surface area contributed by atoms with E-state index in [9.17, 15) is 9.59 Å². The minimum Gasteiger partial charge on any atom is -0.444 e. The zero-order chi connectivity index (χ0) is 22.8. The van der Waals surface area contributed by atoms with Gasteiger partial charge < -0.3 is 24.2 Å². The SMILES string of the molecule is CC(C)(C)OC(=O)N1C[C@H](C(=O)N2CCN(c3ccc(C#N)cn3)CC2)OC(C)(C)C1. The summed E-state index contributed by atoms with van der Waals surface area (Å²) in [4.78, 5) is 35.5.